The number of pyridine rings is 1. The lowest BCUT2D eigenvalue weighted by Crippen LogP contribution is -2.32. The molecule has 9 heteroatoms. The van der Waals surface area contributed by atoms with Crippen molar-refractivity contribution in [2.24, 2.45) is 0 Å². The van der Waals surface area contributed by atoms with Gasteiger partial charge in [-0.1, -0.05) is 0 Å². The van der Waals surface area contributed by atoms with Crippen molar-refractivity contribution < 1.29 is 17.9 Å². The molecule has 3 aromatic rings. The van der Waals surface area contributed by atoms with Crippen LogP contribution in [-0.2, 0) is 0 Å². The number of halogens is 3. The van der Waals surface area contributed by atoms with Crippen molar-refractivity contribution in [3.05, 3.63) is 48.3 Å². The fourth-order valence-electron chi connectivity index (χ4n) is 2.87. The monoisotopic (exact) mass is 403 g/mol. The molecule has 1 aromatic carbocycles. The molecule has 0 aliphatic carbocycles. The Labute approximate surface area is 165 Å². The van der Waals surface area contributed by atoms with Gasteiger partial charge in [0.05, 0.1) is 36.8 Å². The lowest BCUT2D eigenvalue weighted by molar-refractivity contribution is -0.124. The number of hydrogen-bond donors (Lipinski definition) is 2. The Hall–Kier alpha value is -3.25. The van der Waals surface area contributed by atoms with Crippen molar-refractivity contribution in [3.8, 4) is 23.1 Å². The van der Waals surface area contributed by atoms with Gasteiger partial charge in [0.1, 0.15) is 11.8 Å². The second-order valence-corrected chi connectivity index (χ2v) is 6.68. The largest absolute Gasteiger partial charge is 0.491 e. The molecule has 0 amide bonds. The van der Waals surface area contributed by atoms with Gasteiger partial charge in [-0.3, -0.25) is 9.72 Å². The molecule has 0 fully saturated rings. The van der Waals surface area contributed by atoms with Gasteiger partial charge in [0.2, 0.25) is 0 Å². The summed E-state index contributed by atoms with van der Waals surface area (Å²) in [5.74, 6) is 0.571. The van der Waals surface area contributed by atoms with Crippen LogP contribution in [0.4, 0.5) is 18.9 Å². The van der Waals surface area contributed by atoms with Crippen molar-refractivity contribution in [1.29, 1.82) is 5.26 Å². The normalized spacial score (nSPS) is 11.6. The number of hydrogen-bond acceptors (Lipinski definition) is 5. The summed E-state index contributed by atoms with van der Waals surface area (Å²) < 4.78 is 44.5. The lowest BCUT2D eigenvalue weighted by Gasteiger charge is -2.15. The van der Waals surface area contributed by atoms with Crippen LogP contribution >= 0.6 is 0 Å². The minimum Gasteiger partial charge on any atom is -0.491 e. The molecule has 2 heterocycles. The number of imidazole rings is 1. The Kier molecular flexibility index (Phi) is 5.94. The summed E-state index contributed by atoms with van der Waals surface area (Å²) in [6, 6.07) is 10.9. The van der Waals surface area contributed by atoms with Crippen LogP contribution in [0.1, 0.15) is 19.4 Å². The van der Waals surface area contributed by atoms with E-state index in [1.165, 1.54) is 0 Å². The van der Waals surface area contributed by atoms with E-state index in [0.29, 0.717) is 22.6 Å². The average molecular weight is 403 g/mol. The Morgan fingerprint density at radius 3 is 2.76 bits per heavy atom. The van der Waals surface area contributed by atoms with Gasteiger partial charge >= 0.3 is 6.18 Å². The predicted molar refractivity (Wildman–Crippen MR) is 104 cm³/mol. The molecule has 3 rings (SSSR count). The first-order valence-corrected chi connectivity index (χ1v) is 8.96. The summed E-state index contributed by atoms with van der Waals surface area (Å²) in [6.07, 6.45) is -0.901. The summed E-state index contributed by atoms with van der Waals surface area (Å²) in [6.45, 7) is 2.63. The Morgan fingerprint density at radius 1 is 1.28 bits per heavy atom. The molecule has 2 aromatic heterocycles. The first-order valence-electron chi connectivity index (χ1n) is 8.96. The van der Waals surface area contributed by atoms with Crippen molar-refractivity contribution in [3.63, 3.8) is 0 Å². The maximum atomic E-state index is 12.3. The zero-order valence-corrected chi connectivity index (χ0v) is 15.9. The Morgan fingerprint density at radius 2 is 2.07 bits per heavy atom. The number of anilines is 1. The highest BCUT2D eigenvalue weighted by Gasteiger charge is 2.26. The minimum absolute atomic E-state index is 0.0597. The third-order valence-electron chi connectivity index (χ3n) is 3.97. The summed E-state index contributed by atoms with van der Waals surface area (Å²) in [4.78, 5) is 4.33. The topological polar surface area (TPSA) is 74.4 Å². The van der Waals surface area contributed by atoms with E-state index >= 15 is 0 Å². The number of benzene rings is 1. The molecule has 0 saturated heterocycles. The van der Waals surface area contributed by atoms with E-state index in [9.17, 15) is 18.4 Å². The summed E-state index contributed by atoms with van der Waals surface area (Å²) in [5, 5.41) is 14.5. The van der Waals surface area contributed by atoms with Gasteiger partial charge < -0.3 is 10.1 Å². The maximum absolute atomic E-state index is 12.3. The van der Waals surface area contributed by atoms with Gasteiger partial charge in [-0.05, 0) is 38.1 Å². The maximum Gasteiger partial charge on any atom is 0.401 e. The third-order valence-corrected chi connectivity index (χ3v) is 3.97. The van der Waals surface area contributed by atoms with Crippen LogP contribution < -0.4 is 15.4 Å². The van der Waals surface area contributed by atoms with E-state index in [0.717, 1.165) is 11.3 Å². The van der Waals surface area contributed by atoms with E-state index in [4.69, 9.17) is 4.74 Å². The van der Waals surface area contributed by atoms with Crippen LogP contribution in [-0.4, -0.2) is 34.9 Å². The number of rotatable bonds is 7. The molecule has 0 aliphatic heterocycles. The molecule has 0 aliphatic rings. The molecular formula is C20H20F3N5O. The number of alkyl halides is 3. The highest BCUT2D eigenvalue weighted by atomic mass is 19.4. The quantitative estimate of drug-likeness (QED) is 0.457. The summed E-state index contributed by atoms with van der Waals surface area (Å²) >= 11 is 0. The summed E-state index contributed by atoms with van der Waals surface area (Å²) in [7, 11) is 0. The van der Waals surface area contributed by atoms with Gasteiger partial charge in [0.25, 0.3) is 0 Å². The van der Waals surface area contributed by atoms with E-state index in [1.807, 2.05) is 19.9 Å². The highest BCUT2D eigenvalue weighted by molar-refractivity contribution is 5.72. The summed E-state index contributed by atoms with van der Waals surface area (Å²) in [5.41, 5.74) is 3.06. The van der Waals surface area contributed by atoms with Crippen molar-refractivity contribution in [1.82, 2.24) is 14.7 Å². The molecule has 152 valence electrons. The van der Waals surface area contributed by atoms with Crippen molar-refractivity contribution in [2.45, 2.75) is 26.1 Å². The first kappa shape index (κ1) is 20.5. The molecule has 0 radical (unpaired) electrons. The van der Waals surface area contributed by atoms with Crippen LogP contribution in [0.25, 0.3) is 16.9 Å². The number of ether oxygens (including phenoxy) is 1. The van der Waals surface area contributed by atoms with Crippen molar-refractivity contribution in [2.75, 3.05) is 18.5 Å². The molecule has 29 heavy (non-hydrogen) atoms. The molecule has 2 N–H and O–H groups in total. The Balaban J connectivity index is 1.93. The second kappa shape index (κ2) is 8.41. The molecule has 6 nitrogen and oxygen atoms in total. The second-order valence-electron chi connectivity index (χ2n) is 6.68. The number of nitrogens with one attached hydrogen (secondary N) is 2. The van der Waals surface area contributed by atoms with E-state index < -0.39 is 12.7 Å². The van der Waals surface area contributed by atoms with Gasteiger partial charge in [0, 0.05) is 23.5 Å². The van der Waals surface area contributed by atoms with Gasteiger partial charge in [-0.15, -0.1) is 0 Å². The number of nitriles is 1. The van der Waals surface area contributed by atoms with Crippen LogP contribution in [0, 0.1) is 11.3 Å². The number of fused-ring (bicyclic) bond motifs is 1. The molecule has 0 unspecified atom stereocenters. The van der Waals surface area contributed by atoms with Gasteiger partial charge in [0.15, 0.2) is 5.65 Å². The van der Waals surface area contributed by atoms with Gasteiger partial charge in [-0.25, -0.2) is 4.98 Å². The SMILES string of the molecule is CC(C)Oc1cc(NCNCC(F)(F)F)cc(-c2cnc3c(C#N)cccn23)c1. The number of nitrogens with zero attached hydrogens (tertiary/aromatic N) is 3. The van der Waals surface area contributed by atoms with Crippen molar-refractivity contribution >= 4 is 11.3 Å². The number of aromatic nitrogens is 2. The average Bonchev–Trinajstić information content (AvgIpc) is 3.08. The smallest absolute Gasteiger partial charge is 0.401 e. The zero-order valence-electron chi connectivity index (χ0n) is 15.9. The first-order chi connectivity index (χ1) is 13.8. The van der Waals surface area contributed by atoms with Crippen LogP contribution in [0.2, 0.25) is 0 Å². The molecule has 0 saturated carbocycles. The lowest BCUT2D eigenvalue weighted by atomic mass is 10.1. The highest BCUT2D eigenvalue weighted by Crippen LogP contribution is 2.30. The third kappa shape index (κ3) is 5.18. The van der Waals surface area contributed by atoms with Crippen LogP contribution in [0.3, 0.4) is 0 Å². The van der Waals surface area contributed by atoms with Gasteiger partial charge in [-0.2, -0.15) is 18.4 Å². The zero-order chi connectivity index (χ0) is 21.0. The Bertz CT molecular complexity index is 1040. The van der Waals surface area contributed by atoms with Crippen LogP contribution in [0.5, 0.6) is 5.75 Å². The molecule has 0 bridgehead atoms. The molecule has 0 atom stereocenters. The van der Waals surface area contributed by atoms with Crippen LogP contribution in [0.15, 0.2) is 42.7 Å². The molecule has 0 spiro atoms. The van der Waals surface area contributed by atoms with E-state index in [2.05, 4.69) is 21.7 Å². The standard InChI is InChI=1S/C20H20F3N5O/c1-13(2)29-17-7-15(6-16(8-17)27-12-25-11-20(21,22)23)18-10-26-19-14(9-24)4-3-5-28(18)19/h3-8,10,13,25,27H,11-12H2,1-2H3. The fourth-order valence-corrected chi connectivity index (χ4v) is 2.87. The van der Waals surface area contributed by atoms with E-state index in [1.54, 1.807) is 41.1 Å². The van der Waals surface area contributed by atoms with E-state index in [-0.39, 0.29) is 12.8 Å². The predicted octanol–water partition coefficient (Wildman–Crippen LogP) is 4.18. The minimum atomic E-state index is -4.27. The molecular weight excluding hydrogens is 383 g/mol. The fraction of sp³-hybridized carbons (Fsp3) is 0.300.